The van der Waals surface area contributed by atoms with E-state index >= 15 is 0 Å². The molecule has 0 amide bonds. The number of ether oxygens (including phenoxy) is 1. The zero-order valence-electron chi connectivity index (χ0n) is 14.1. The number of aromatic nitrogens is 3. The molecule has 0 aliphatic heterocycles. The molecule has 0 aliphatic carbocycles. The topological polar surface area (TPSA) is 121 Å². The van der Waals surface area contributed by atoms with Crippen LogP contribution in [0.1, 0.15) is 16.2 Å². The summed E-state index contributed by atoms with van der Waals surface area (Å²) in [4.78, 5) is 14.3. The number of halogens is 3. The van der Waals surface area contributed by atoms with E-state index in [0.717, 1.165) is 35.3 Å². The molecule has 0 bridgehead atoms. The number of hydrogen-bond donors (Lipinski definition) is 1. The molecule has 3 aromatic rings. The Hall–Kier alpha value is -3.61. The first-order valence-corrected chi connectivity index (χ1v) is 8.93. The first kappa shape index (κ1) is 20.1. The SMILES string of the molecule is O=C(O)c1ncn(-c2cc(F)c(COc3ccc(OS(=O)(=O)F)cc3)c(F)c2)n1. The van der Waals surface area contributed by atoms with Crippen LogP contribution in [0.15, 0.2) is 42.7 Å². The van der Waals surface area contributed by atoms with E-state index in [1.54, 1.807) is 0 Å². The lowest BCUT2D eigenvalue weighted by Crippen LogP contribution is -2.06. The van der Waals surface area contributed by atoms with E-state index in [9.17, 15) is 25.9 Å². The molecule has 0 fully saturated rings. The minimum Gasteiger partial charge on any atom is -0.489 e. The third kappa shape index (κ3) is 5.01. The maximum Gasteiger partial charge on any atom is 0.488 e. The van der Waals surface area contributed by atoms with E-state index in [0.29, 0.717) is 0 Å². The first-order chi connectivity index (χ1) is 13.6. The van der Waals surface area contributed by atoms with E-state index in [1.165, 1.54) is 12.1 Å². The van der Waals surface area contributed by atoms with Gasteiger partial charge in [0.05, 0.1) is 11.3 Å². The van der Waals surface area contributed by atoms with E-state index < -0.39 is 46.1 Å². The number of carbonyl (C=O) groups is 1. The zero-order valence-corrected chi connectivity index (χ0v) is 14.9. The van der Waals surface area contributed by atoms with Crippen molar-refractivity contribution in [2.75, 3.05) is 0 Å². The van der Waals surface area contributed by atoms with Gasteiger partial charge in [0.25, 0.3) is 5.82 Å². The molecule has 29 heavy (non-hydrogen) atoms. The maximum absolute atomic E-state index is 14.3. The number of benzene rings is 2. The third-order valence-electron chi connectivity index (χ3n) is 3.48. The van der Waals surface area contributed by atoms with E-state index in [2.05, 4.69) is 14.3 Å². The van der Waals surface area contributed by atoms with Gasteiger partial charge in [-0.1, -0.05) is 3.89 Å². The minimum absolute atomic E-state index is 0.0855. The largest absolute Gasteiger partial charge is 0.489 e. The van der Waals surface area contributed by atoms with Crippen molar-refractivity contribution in [2.24, 2.45) is 0 Å². The van der Waals surface area contributed by atoms with Gasteiger partial charge in [0.2, 0.25) is 0 Å². The Balaban J connectivity index is 1.73. The molecular formula is C16H10F3N3O6S. The van der Waals surface area contributed by atoms with Gasteiger partial charge < -0.3 is 14.0 Å². The number of carboxylic acids is 1. The second-order valence-electron chi connectivity index (χ2n) is 5.44. The molecule has 0 atom stereocenters. The standard InChI is InChI=1S/C16H10F3N3O6S/c17-13-5-9(22-8-20-15(21-22)16(23)24)6-14(18)12(13)7-27-10-1-3-11(4-2-10)28-29(19,25)26/h1-6,8H,7H2,(H,23,24). The van der Waals surface area contributed by atoms with Crippen LogP contribution in [0, 0.1) is 11.6 Å². The van der Waals surface area contributed by atoms with Crippen LogP contribution in [0.5, 0.6) is 11.5 Å². The summed E-state index contributed by atoms with van der Waals surface area (Å²) in [6, 6.07) is 6.46. The van der Waals surface area contributed by atoms with Crippen molar-refractivity contribution in [2.45, 2.75) is 6.61 Å². The summed E-state index contributed by atoms with van der Waals surface area (Å²) in [6.45, 7) is -0.517. The van der Waals surface area contributed by atoms with Crippen LogP contribution in [-0.2, 0) is 17.1 Å². The molecule has 2 aromatic carbocycles. The molecule has 0 aliphatic rings. The summed E-state index contributed by atoms with van der Waals surface area (Å²) in [5.41, 5.74) is -0.503. The van der Waals surface area contributed by atoms with Gasteiger partial charge in [0.1, 0.15) is 36.1 Å². The molecule has 1 N–H and O–H groups in total. The zero-order chi connectivity index (χ0) is 21.2. The Morgan fingerprint density at radius 2 is 1.69 bits per heavy atom. The highest BCUT2D eigenvalue weighted by Gasteiger charge is 2.16. The summed E-state index contributed by atoms with van der Waals surface area (Å²) in [5.74, 6) is -4.08. The Morgan fingerprint density at radius 1 is 1.10 bits per heavy atom. The predicted molar refractivity (Wildman–Crippen MR) is 89.7 cm³/mol. The Labute approximate surface area is 161 Å². The van der Waals surface area contributed by atoms with Crippen molar-refractivity contribution in [1.82, 2.24) is 14.8 Å². The summed E-state index contributed by atoms with van der Waals surface area (Å²) < 4.78 is 71.9. The monoisotopic (exact) mass is 429 g/mol. The van der Waals surface area contributed by atoms with Crippen LogP contribution >= 0.6 is 0 Å². The molecule has 3 rings (SSSR count). The van der Waals surface area contributed by atoms with Gasteiger partial charge in [-0.25, -0.2) is 23.2 Å². The van der Waals surface area contributed by atoms with Crippen LogP contribution in [0.25, 0.3) is 5.69 Å². The highest BCUT2D eigenvalue weighted by Crippen LogP contribution is 2.23. The molecule has 9 nitrogen and oxygen atoms in total. The number of carboxylic acid groups (broad SMARTS) is 1. The molecule has 0 saturated heterocycles. The normalized spacial score (nSPS) is 11.3. The highest BCUT2D eigenvalue weighted by atomic mass is 32.3. The summed E-state index contributed by atoms with van der Waals surface area (Å²) in [5, 5.41) is 12.4. The van der Waals surface area contributed by atoms with Crippen LogP contribution in [0.3, 0.4) is 0 Å². The molecule has 0 spiro atoms. The van der Waals surface area contributed by atoms with Crippen LogP contribution in [-0.4, -0.2) is 34.3 Å². The lowest BCUT2D eigenvalue weighted by atomic mass is 10.2. The molecule has 0 radical (unpaired) electrons. The lowest BCUT2D eigenvalue weighted by Gasteiger charge is -2.10. The minimum atomic E-state index is -5.17. The van der Waals surface area contributed by atoms with Crippen molar-refractivity contribution in [3.63, 3.8) is 0 Å². The van der Waals surface area contributed by atoms with Gasteiger partial charge in [-0.05, 0) is 24.3 Å². The molecule has 0 saturated carbocycles. The Kier molecular flexibility index (Phi) is 5.41. The van der Waals surface area contributed by atoms with Crippen LogP contribution < -0.4 is 8.92 Å². The van der Waals surface area contributed by atoms with Crippen LogP contribution in [0.4, 0.5) is 12.7 Å². The van der Waals surface area contributed by atoms with Crippen LogP contribution in [0.2, 0.25) is 0 Å². The van der Waals surface area contributed by atoms with Crippen molar-refractivity contribution in [3.8, 4) is 17.2 Å². The second-order valence-corrected chi connectivity index (χ2v) is 6.40. The first-order valence-electron chi connectivity index (χ1n) is 7.62. The molecule has 1 aromatic heterocycles. The quantitative estimate of drug-likeness (QED) is 0.569. The van der Waals surface area contributed by atoms with Crippen molar-refractivity contribution < 1.29 is 39.9 Å². The fourth-order valence-corrected chi connectivity index (χ4v) is 2.55. The summed E-state index contributed by atoms with van der Waals surface area (Å²) >= 11 is 0. The van der Waals surface area contributed by atoms with E-state index in [4.69, 9.17) is 9.84 Å². The second kappa shape index (κ2) is 7.79. The predicted octanol–water partition coefficient (Wildman–Crippen LogP) is 2.42. The van der Waals surface area contributed by atoms with Gasteiger partial charge in [0, 0.05) is 12.1 Å². The Bertz CT molecular complexity index is 1140. The summed E-state index contributed by atoms with van der Waals surface area (Å²) in [7, 11) is -5.17. The number of hydrogen-bond acceptors (Lipinski definition) is 7. The van der Waals surface area contributed by atoms with Gasteiger partial charge in [-0.15, -0.1) is 5.10 Å². The maximum atomic E-state index is 14.3. The molecule has 0 unspecified atom stereocenters. The number of rotatable bonds is 7. The molecular weight excluding hydrogens is 419 g/mol. The number of nitrogens with zero attached hydrogens (tertiary/aromatic N) is 3. The van der Waals surface area contributed by atoms with Gasteiger partial charge in [-0.2, -0.15) is 8.42 Å². The van der Waals surface area contributed by atoms with Gasteiger partial charge in [-0.3, -0.25) is 0 Å². The Morgan fingerprint density at radius 3 is 2.21 bits per heavy atom. The fraction of sp³-hybridized carbons (Fsp3) is 0.0625. The number of aromatic carboxylic acids is 1. The highest BCUT2D eigenvalue weighted by molar-refractivity contribution is 7.81. The molecule has 13 heteroatoms. The van der Waals surface area contributed by atoms with Crippen molar-refractivity contribution >= 4 is 16.5 Å². The smallest absolute Gasteiger partial charge is 0.488 e. The van der Waals surface area contributed by atoms with Gasteiger partial charge in [0.15, 0.2) is 0 Å². The average molecular weight is 429 g/mol. The molecule has 152 valence electrons. The third-order valence-corrected chi connectivity index (χ3v) is 3.87. The lowest BCUT2D eigenvalue weighted by molar-refractivity contribution is 0.0683. The van der Waals surface area contributed by atoms with Crippen molar-refractivity contribution in [1.29, 1.82) is 0 Å². The van der Waals surface area contributed by atoms with E-state index in [-0.39, 0.29) is 17.2 Å². The van der Waals surface area contributed by atoms with Crippen molar-refractivity contribution in [3.05, 3.63) is 65.7 Å². The fourth-order valence-electron chi connectivity index (χ4n) is 2.21. The van der Waals surface area contributed by atoms with Gasteiger partial charge >= 0.3 is 16.5 Å². The van der Waals surface area contributed by atoms with E-state index in [1.807, 2.05) is 0 Å². The summed E-state index contributed by atoms with van der Waals surface area (Å²) in [6.07, 6.45) is 0.995. The molecule has 1 heterocycles. The average Bonchev–Trinajstić information content (AvgIpc) is 3.11.